The monoisotopic (exact) mass is 252 g/mol. The summed E-state index contributed by atoms with van der Waals surface area (Å²) >= 11 is 0. The second-order valence-electron chi connectivity index (χ2n) is 6.47. The molecule has 0 aliphatic carbocycles. The third kappa shape index (κ3) is 4.74. The van der Waals surface area contributed by atoms with Gasteiger partial charge in [-0.05, 0) is 24.8 Å². The van der Waals surface area contributed by atoms with Gasteiger partial charge < -0.3 is 5.32 Å². The molecular weight excluding hydrogens is 220 g/mol. The Balaban J connectivity index is 2.55. The largest absolute Gasteiger partial charge is 0.315 e. The zero-order valence-corrected chi connectivity index (χ0v) is 13.1. The van der Waals surface area contributed by atoms with Crippen molar-refractivity contribution in [2.24, 2.45) is 5.41 Å². The molecule has 2 nitrogen and oxygen atoms in total. The third-order valence-electron chi connectivity index (χ3n) is 3.97. The minimum atomic E-state index is 0.355. The van der Waals surface area contributed by atoms with Crippen LogP contribution in [0.25, 0.3) is 0 Å². The van der Waals surface area contributed by atoms with Gasteiger partial charge in [0.05, 0.1) is 0 Å². The Morgan fingerprint density at radius 1 is 1.33 bits per heavy atom. The molecule has 2 heteroatoms. The van der Waals surface area contributed by atoms with Crippen molar-refractivity contribution in [3.05, 3.63) is 11.6 Å². The number of hydrogen-bond acceptors (Lipinski definition) is 2. The smallest absolute Gasteiger partial charge is 0.0223 e. The van der Waals surface area contributed by atoms with E-state index in [-0.39, 0.29) is 0 Å². The Bertz CT molecular complexity index is 263. The van der Waals surface area contributed by atoms with E-state index in [9.17, 15) is 0 Å². The first kappa shape index (κ1) is 15.7. The molecule has 1 N–H and O–H groups in total. The summed E-state index contributed by atoms with van der Waals surface area (Å²) < 4.78 is 0. The molecule has 0 aromatic rings. The molecule has 0 amide bonds. The first-order valence-electron chi connectivity index (χ1n) is 7.63. The Kier molecular flexibility index (Phi) is 6.37. The first-order chi connectivity index (χ1) is 8.49. The van der Waals surface area contributed by atoms with Crippen molar-refractivity contribution in [2.75, 3.05) is 26.2 Å². The lowest BCUT2D eigenvalue weighted by atomic mass is 9.82. The fourth-order valence-electron chi connectivity index (χ4n) is 2.76. The molecule has 0 fully saturated rings. The number of rotatable bonds is 6. The minimum Gasteiger partial charge on any atom is -0.315 e. The molecule has 106 valence electrons. The molecule has 0 saturated carbocycles. The van der Waals surface area contributed by atoms with Gasteiger partial charge in [0.15, 0.2) is 0 Å². The van der Waals surface area contributed by atoms with E-state index in [0.717, 1.165) is 19.6 Å². The average molecular weight is 252 g/mol. The van der Waals surface area contributed by atoms with Gasteiger partial charge in [-0.25, -0.2) is 0 Å². The van der Waals surface area contributed by atoms with E-state index in [0.29, 0.717) is 11.5 Å². The maximum Gasteiger partial charge on any atom is 0.0223 e. The molecule has 1 atom stereocenters. The second kappa shape index (κ2) is 7.30. The summed E-state index contributed by atoms with van der Waals surface area (Å²) in [5.41, 5.74) is 1.99. The van der Waals surface area contributed by atoms with Crippen molar-refractivity contribution in [3.63, 3.8) is 0 Å². The van der Waals surface area contributed by atoms with Crippen LogP contribution in [0.5, 0.6) is 0 Å². The lowest BCUT2D eigenvalue weighted by Crippen LogP contribution is -2.45. The van der Waals surface area contributed by atoms with E-state index in [1.54, 1.807) is 5.57 Å². The topological polar surface area (TPSA) is 15.3 Å². The number of nitrogens with one attached hydrogen (secondary N) is 1. The van der Waals surface area contributed by atoms with E-state index in [4.69, 9.17) is 0 Å². The number of hydrogen-bond donors (Lipinski definition) is 1. The Morgan fingerprint density at radius 2 is 2.06 bits per heavy atom. The SMILES string of the molecule is CCCC(CNCC)N1CC=C(C(C)(C)C)CC1. The van der Waals surface area contributed by atoms with Crippen LogP contribution in [0.4, 0.5) is 0 Å². The second-order valence-corrected chi connectivity index (χ2v) is 6.47. The van der Waals surface area contributed by atoms with Crippen LogP contribution in [-0.4, -0.2) is 37.1 Å². The predicted octanol–water partition coefficient (Wildman–Crippen LogP) is 3.44. The van der Waals surface area contributed by atoms with Crippen molar-refractivity contribution in [1.82, 2.24) is 10.2 Å². The van der Waals surface area contributed by atoms with E-state index < -0.39 is 0 Å². The number of nitrogens with zero attached hydrogens (tertiary/aromatic N) is 1. The van der Waals surface area contributed by atoms with Gasteiger partial charge >= 0.3 is 0 Å². The molecule has 0 aromatic carbocycles. The van der Waals surface area contributed by atoms with Crippen LogP contribution >= 0.6 is 0 Å². The molecule has 0 radical (unpaired) electrons. The summed E-state index contributed by atoms with van der Waals surface area (Å²) in [7, 11) is 0. The van der Waals surface area contributed by atoms with Gasteiger partial charge in [-0.1, -0.05) is 52.7 Å². The maximum atomic E-state index is 3.51. The summed E-state index contributed by atoms with van der Waals surface area (Å²) in [4.78, 5) is 2.65. The van der Waals surface area contributed by atoms with Crippen LogP contribution in [0.3, 0.4) is 0 Å². The Morgan fingerprint density at radius 3 is 2.50 bits per heavy atom. The maximum absolute atomic E-state index is 3.51. The average Bonchev–Trinajstić information content (AvgIpc) is 2.33. The van der Waals surface area contributed by atoms with Crippen molar-refractivity contribution in [3.8, 4) is 0 Å². The highest BCUT2D eigenvalue weighted by Crippen LogP contribution is 2.30. The fraction of sp³-hybridized carbons (Fsp3) is 0.875. The lowest BCUT2D eigenvalue weighted by Gasteiger charge is -2.37. The fourth-order valence-corrected chi connectivity index (χ4v) is 2.76. The van der Waals surface area contributed by atoms with Crippen LogP contribution in [0.15, 0.2) is 11.6 Å². The standard InChI is InChI=1S/C16H32N2/c1-6-8-15(13-17-7-2)18-11-9-14(10-12-18)16(3,4)5/h9,15,17H,6-8,10-13H2,1-5H3. The Labute approximate surface area is 114 Å². The summed E-state index contributed by atoms with van der Waals surface area (Å²) in [6, 6.07) is 0.715. The zero-order chi connectivity index (χ0) is 13.6. The third-order valence-corrected chi connectivity index (χ3v) is 3.97. The van der Waals surface area contributed by atoms with Crippen molar-refractivity contribution < 1.29 is 0 Å². The van der Waals surface area contributed by atoms with Crippen LogP contribution in [0.1, 0.15) is 53.9 Å². The van der Waals surface area contributed by atoms with Crippen molar-refractivity contribution in [1.29, 1.82) is 0 Å². The highest BCUT2D eigenvalue weighted by atomic mass is 15.2. The quantitative estimate of drug-likeness (QED) is 0.729. The van der Waals surface area contributed by atoms with Gasteiger partial charge in [-0.2, -0.15) is 0 Å². The summed E-state index contributed by atoms with van der Waals surface area (Å²) in [5.74, 6) is 0. The van der Waals surface area contributed by atoms with E-state index in [1.165, 1.54) is 25.8 Å². The zero-order valence-electron chi connectivity index (χ0n) is 13.1. The van der Waals surface area contributed by atoms with Crippen LogP contribution in [0, 0.1) is 5.41 Å². The minimum absolute atomic E-state index is 0.355. The van der Waals surface area contributed by atoms with Gasteiger partial charge in [-0.3, -0.25) is 4.90 Å². The van der Waals surface area contributed by atoms with Gasteiger partial charge in [-0.15, -0.1) is 0 Å². The molecule has 0 spiro atoms. The molecule has 1 heterocycles. The van der Waals surface area contributed by atoms with Gasteiger partial charge in [0, 0.05) is 25.7 Å². The van der Waals surface area contributed by atoms with Gasteiger partial charge in [0.25, 0.3) is 0 Å². The molecule has 1 unspecified atom stereocenters. The highest BCUT2D eigenvalue weighted by molar-refractivity contribution is 5.15. The van der Waals surface area contributed by atoms with Gasteiger partial charge in [0.2, 0.25) is 0 Å². The Hall–Kier alpha value is -0.340. The van der Waals surface area contributed by atoms with Gasteiger partial charge in [0.1, 0.15) is 0 Å². The normalized spacial score (nSPS) is 19.7. The molecule has 1 rings (SSSR count). The van der Waals surface area contributed by atoms with Crippen LogP contribution in [0.2, 0.25) is 0 Å². The number of likely N-dealkylation sites (N-methyl/N-ethyl adjacent to an activating group) is 1. The lowest BCUT2D eigenvalue weighted by molar-refractivity contribution is 0.189. The molecule has 0 aromatic heterocycles. The van der Waals surface area contributed by atoms with E-state index in [1.807, 2.05) is 0 Å². The summed E-state index contributed by atoms with van der Waals surface area (Å²) in [6.07, 6.45) is 6.31. The molecular formula is C16H32N2. The summed E-state index contributed by atoms with van der Waals surface area (Å²) in [5, 5.41) is 3.51. The van der Waals surface area contributed by atoms with E-state index >= 15 is 0 Å². The molecule has 1 aliphatic heterocycles. The molecule has 18 heavy (non-hydrogen) atoms. The first-order valence-corrected chi connectivity index (χ1v) is 7.63. The van der Waals surface area contributed by atoms with E-state index in [2.05, 4.69) is 50.9 Å². The molecule has 1 aliphatic rings. The van der Waals surface area contributed by atoms with Crippen molar-refractivity contribution in [2.45, 2.75) is 59.9 Å². The summed E-state index contributed by atoms with van der Waals surface area (Å²) in [6.45, 7) is 16.1. The highest BCUT2D eigenvalue weighted by Gasteiger charge is 2.24. The molecule has 0 saturated heterocycles. The van der Waals surface area contributed by atoms with Crippen molar-refractivity contribution >= 4 is 0 Å². The molecule has 0 bridgehead atoms. The van der Waals surface area contributed by atoms with Crippen LogP contribution in [-0.2, 0) is 0 Å². The van der Waals surface area contributed by atoms with Crippen LogP contribution < -0.4 is 5.32 Å². The predicted molar refractivity (Wildman–Crippen MR) is 81.0 cm³/mol.